The zero-order valence-corrected chi connectivity index (χ0v) is 25.7. The van der Waals surface area contributed by atoms with Gasteiger partial charge in [-0.3, -0.25) is 0 Å². The first-order valence-corrected chi connectivity index (χ1v) is 15.7. The van der Waals surface area contributed by atoms with E-state index < -0.39 is 26.5 Å². The van der Waals surface area contributed by atoms with E-state index in [0.717, 1.165) is 24.0 Å². The molecule has 2 unspecified atom stereocenters. The van der Waals surface area contributed by atoms with Gasteiger partial charge in [-0.25, -0.2) is 22.9 Å². The molecular weight excluding hydrogens is 550 g/mol. The summed E-state index contributed by atoms with van der Waals surface area (Å²) in [5.41, 5.74) is 1.38. The van der Waals surface area contributed by atoms with Crippen LogP contribution in [0.3, 0.4) is 0 Å². The molecule has 0 aromatic heterocycles. The van der Waals surface area contributed by atoms with Crippen LogP contribution in [0.2, 0.25) is 5.02 Å². The van der Waals surface area contributed by atoms with E-state index in [1.54, 1.807) is 24.8 Å². The van der Waals surface area contributed by atoms with Crippen molar-refractivity contribution in [3.05, 3.63) is 70.2 Å². The van der Waals surface area contributed by atoms with Crippen LogP contribution in [-0.4, -0.2) is 55.0 Å². The van der Waals surface area contributed by atoms with Gasteiger partial charge in [0.05, 0.1) is 6.04 Å². The van der Waals surface area contributed by atoms with Crippen LogP contribution in [0.25, 0.3) is 0 Å². The van der Waals surface area contributed by atoms with Crippen LogP contribution in [0.1, 0.15) is 83.0 Å². The highest BCUT2D eigenvalue weighted by Crippen LogP contribution is 2.33. The average molecular weight is 590 g/mol. The van der Waals surface area contributed by atoms with Gasteiger partial charge in [0, 0.05) is 18.1 Å². The Morgan fingerprint density at radius 2 is 1.77 bits per heavy atom. The van der Waals surface area contributed by atoms with Gasteiger partial charge in [-0.15, -0.1) is 0 Å². The Kier molecular flexibility index (Phi) is 8.76. The third-order valence-corrected chi connectivity index (χ3v) is 9.71. The maximum Gasteiger partial charge on any atom is 0.410 e. The van der Waals surface area contributed by atoms with Crippen molar-refractivity contribution < 1.29 is 22.7 Å². The number of rotatable bonds is 5. The van der Waals surface area contributed by atoms with E-state index in [1.165, 1.54) is 5.56 Å². The molecule has 2 heterocycles. The molecule has 2 aromatic carbocycles. The number of amidine groups is 1. The second-order valence-electron chi connectivity index (χ2n) is 12.2. The van der Waals surface area contributed by atoms with E-state index in [-0.39, 0.29) is 18.2 Å². The number of piperidine rings is 1. The first-order chi connectivity index (χ1) is 18.6. The van der Waals surface area contributed by atoms with Crippen LogP contribution in [0.15, 0.2) is 53.5 Å². The molecule has 2 saturated heterocycles. The zero-order valence-electron chi connectivity index (χ0n) is 24.1. The van der Waals surface area contributed by atoms with E-state index in [4.69, 9.17) is 21.1 Å². The quantitative estimate of drug-likeness (QED) is 0.447. The normalized spacial score (nSPS) is 22.7. The molecule has 1 N–H and O–H groups in total. The molecule has 8 nitrogen and oxygen atoms in total. The standard InChI is InChI=1S/C30H40ClN3O5S/c1-20(24-9-7-8-10-25(24)31)32-27-33-40(36,37)26(30(5,6)38-27)19-21-11-13-22(14-12-21)23-15-17-34(18-16-23)28(35)39-29(2,3)4/h7-14,20,23,26H,15-19H2,1-6H3,(H,32,33). The molecular formula is C30H40ClN3O5S. The highest BCUT2D eigenvalue weighted by molar-refractivity contribution is 7.90. The van der Waals surface area contributed by atoms with Gasteiger partial charge >= 0.3 is 6.09 Å². The Morgan fingerprint density at radius 3 is 2.35 bits per heavy atom. The van der Waals surface area contributed by atoms with E-state index in [0.29, 0.717) is 30.5 Å². The van der Waals surface area contributed by atoms with Crippen molar-refractivity contribution in [2.24, 2.45) is 4.99 Å². The lowest BCUT2D eigenvalue weighted by Gasteiger charge is -2.39. The van der Waals surface area contributed by atoms with E-state index in [9.17, 15) is 13.2 Å². The molecule has 2 atom stereocenters. The monoisotopic (exact) mass is 589 g/mol. The van der Waals surface area contributed by atoms with Crippen molar-refractivity contribution in [1.29, 1.82) is 0 Å². The topological polar surface area (TPSA) is 97.3 Å². The second-order valence-corrected chi connectivity index (χ2v) is 14.4. The molecule has 40 heavy (non-hydrogen) atoms. The van der Waals surface area contributed by atoms with Crippen LogP contribution in [-0.2, 0) is 25.9 Å². The summed E-state index contributed by atoms with van der Waals surface area (Å²) in [6.07, 6.45) is 1.75. The lowest BCUT2D eigenvalue weighted by Crippen LogP contribution is -2.59. The van der Waals surface area contributed by atoms with Crippen molar-refractivity contribution >= 4 is 33.7 Å². The number of ether oxygens (including phenoxy) is 2. The van der Waals surface area contributed by atoms with Crippen LogP contribution in [0.4, 0.5) is 4.79 Å². The molecule has 2 fully saturated rings. The fraction of sp³-hybridized carbons (Fsp3) is 0.533. The maximum atomic E-state index is 13.3. The Morgan fingerprint density at radius 1 is 1.15 bits per heavy atom. The molecule has 0 spiro atoms. The fourth-order valence-corrected chi connectivity index (χ4v) is 7.21. The van der Waals surface area contributed by atoms with Crippen molar-refractivity contribution in [2.45, 2.75) is 89.2 Å². The van der Waals surface area contributed by atoms with E-state index >= 15 is 0 Å². The molecule has 4 rings (SSSR count). The number of amides is 1. The first kappa shape index (κ1) is 30.2. The van der Waals surface area contributed by atoms with E-state index in [2.05, 4.69) is 21.8 Å². The SMILES string of the molecule is CC(N=C1NS(=O)(=O)C(Cc2ccc(C3CCN(C(=O)OC(C)(C)C)CC3)cc2)C(C)(C)O1)c1ccccc1Cl. The number of benzene rings is 2. The molecule has 2 aromatic rings. The Bertz CT molecular complexity index is 1340. The third-order valence-electron chi connectivity index (χ3n) is 7.42. The lowest BCUT2D eigenvalue weighted by atomic mass is 9.88. The number of halogens is 1. The fourth-order valence-electron chi connectivity index (χ4n) is 5.23. The molecule has 0 saturated carbocycles. The van der Waals surface area contributed by atoms with Gasteiger partial charge in [-0.05, 0) is 89.5 Å². The summed E-state index contributed by atoms with van der Waals surface area (Å²) < 4.78 is 40.8. The van der Waals surface area contributed by atoms with Crippen LogP contribution in [0.5, 0.6) is 0 Å². The Hall–Kier alpha value is -2.78. The molecule has 0 bridgehead atoms. The summed E-state index contributed by atoms with van der Waals surface area (Å²) in [6.45, 7) is 12.3. The van der Waals surface area contributed by atoms with Gasteiger partial charge in [-0.2, -0.15) is 0 Å². The summed E-state index contributed by atoms with van der Waals surface area (Å²) in [5, 5.41) is -0.246. The smallest absolute Gasteiger partial charge is 0.410 e. The highest BCUT2D eigenvalue weighted by Gasteiger charge is 2.47. The molecule has 1 amide bonds. The van der Waals surface area contributed by atoms with Crippen LogP contribution < -0.4 is 4.72 Å². The molecule has 0 aliphatic carbocycles. The number of sulfonamides is 1. The minimum atomic E-state index is -3.76. The van der Waals surface area contributed by atoms with E-state index in [1.807, 2.05) is 58.0 Å². The minimum absolute atomic E-state index is 0.0262. The average Bonchev–Trinajstić information content (AvgIpc) is 2.85. The predicted molar refractivity (Wildman–Crippen MR) is 158 cm³/mol. The Labute approximate surface area is 243 Å². The van der Waals surface area contributed by atoms with Gasteiger partial charge in [0.2, 0.25) is 10.0 Å². The van der Waals surface area contributed by atoms with Gasteiger partial charge in [0.25, 0.3) is 6.02 Å². The van der Waals surface area contributed by atoms with Gasteiger partial charge in [0.1, 0.15) is 16.5 Å². The van der Waals surface area contributed by atoms with Crippen LogP contribution >= 0.6 is 11.6 Å². The summed E-state index contributed by atoms with van der Waals surface area (Å²) >= 11 is 6.29. The van der Waals surface area contributed by atoms with Gasteiger partial charge in [-0.1, -0.05) is 54.1 Å². The number of hydrogen-bond donors (Lipinski definition) is 1. The largest absolute Gasteiger partial charge is 0.457 e. The number of hydrogen-bond acceptors (Lipinski definition) is 6. The van der Waals surface area contributed by atoms with Crippen molar-refractivity contribution in [2.75, 3.05) is 13.1 Å². The Balaban J connectivity index is 1.39. The first-order valence-electron chi connectivity index (χ1n) is 13.7. The van der Waals surface area contributed by atoms with Crippen molar-refractivity contribution in [1.82, 2.24) is 9.62 Å². The number of nitrogens with zero attached hydrogens (tertiary/aromatic N) is 2. The molecule has 0 radical (unpaired) electrons. The lowest BCUT2D eigenvalue weighted by molar-refractivity contribution is 0.0204. The molecule has 10 heteroatoms. The number of carbonyl (C=O) groups excluding carboxylic acids is 1. The molecule has 2 aliphatic rings. The number of nitrogens with one attached hydrogen (secondary N) is 1. The minimum Gasteiger partial charge on any atom is -0.457 e. The third kappa shape index (κ3) is 7.29. The molecule has 218 valence electrons. The highest BCUT2D eigenvalue weighted by atomic mass is 35.5. The second kappa shape index (κ2) is 11.6. The summed E-state index contributed by atoms with van der Waals surface area (Å²) in [7, 11) is -3.76. The number of aliphatic imine (C=N–C) groups is 1. The number of carbonyl (C=O) groups is 1. The van der Waals surface area contributed by atoms with Crippen molar-refractivity contribution in [3.63, 3.8) is 0 Å². The maximum absolute atomic E-state index is 13.3. The summed E-state index contributed by atoms with van der Waals surface area (Å²) in [6, 6.07) is 15.0. The summed E-state index contributed by atoms with van der Waals surface area (Å²) in [5.74, 6) is 0.339. The number of likely N-dealkylation sites (tertiary alicyclic amines) is 1. The van der Waals surface area contributed by atoms with Gasteiger partial charge in [0.15, 0.2) is 0 Å². The van der Waals surface area contributed by atoms with Gasteiger partial charge < -0.3 is 14.4 Å². The molecule has 2 aliphatic heterocycles. The predicted octanol–water partition coefficient (Wildman–Crippen LogP) is 6.21. The van der Waals surface area contributed by atoms with Crippen molar-refractivity contribution in [3.8, 4) is 0 Å². The van der Waals surface area contributed by atoms with Crippen LogP contribution in [0, 0.1) is 0 Å². The zero-order chi connectivity index (χ0) is 29.3. The summed E-state index contributed by atoms with van der Waals surface area (Å²) in [4.78, 5) is 18.6.